The molecule has 0 unspecified atom stereocenters. The van der Waals surface area contributed by atoms with Crippen molar-refractivity contribution in [2.75, 3.05) is 0 Å². The Balaban J connectivity index is 2.09. The molecule has 0 N–H and O–H groups in total. The smallest absolute Gasteiger partial charge is 0.211 e. The minimum Gasteiger partial charge on any atom is -0.493 e. The standard InChI is InChI=1S/C33H46N2/c1-9-12-15-29-22(4)18-27(19-23(29)5)32-26(8)31(17-14-11-3)33(35(32)34)28-20-24(6)30(16-13-10-2)25(7)21-28/h18-21H,9-17H2,1-8H3. The van der Waals surface area contributed by atoms with Crippen LogP contribution in [0.2, 0.25) is 0 Å². The van der Waals surface area contributed by atoms with Crippen molar-refractivity contribution < 1.29 is 4.70 Å². The zero-order valence-corrected chi connectivity index (χ0v) is 23.6. The average molecular weight is 471 g/mol. The van der Waals surface area contributed by atoms with Gasteiger partial charge in [0, 0.05) is 22.3 Å². The van der Waals surface area contributed by atoms with Crippen LogP contribution in [0.4, 0.5) is 0 Å². The molecule has 1 heterocycles. The highest BCUT2D eigenvalue weighted by Crippen LogP contribution is 2.43. The first-order valence-corrected chi connectivity index (χ1v) is 13.9. The Morgan fingerprint density at radius 2 is 0.943 bits per heavy atom. The number of hydrogen-bond donors (Lipinski definition) is 0. The first kappa shape index (κ1) is 27.1. The van der Waals surface area contributed by atoms with Crippen LogP contribution in [0.3, 0.4) is 0 Å². The van der Waals surface area contributed by atoms with Crippen LogP contribution in [-0.2, 0) is 12.8 Å². The first-order chi connectivity index (χ1) is 16.7. The molecule has 0 spiro atoms. The zero-order valence-electron chi connectivity index (χ0n) is 23.6. The van der Waals surface area contributed by atoms with Crippen molar-refractivity contribution in [3.8, 4) is 0 Å². The first-order valence-electron chi connectivity index (χ1n) is 13.9. The van der Waals surface area contributed by atoms with E-state index in [1.165, 1.54) is 74.9 Å². The van der Waals surface area contributed by atoms with Gasteiger partial charge in [0.1, 0.15) is 0 Å². The third-order valence-electron chi connectivity index (χ3n) is 7.80. The van der Waals surface area contributed by atoms with E-state index >= 15 is 0 Å². The molecule has 3 rings (SSSR count). The second-order valence-electron chi connectivity index (χ2n) is 10.6. The molecule has 0 fully saturated rings. The molecular formula is C33H46N2. The molecule has 2 heteroatoms. The maximum absolute atomic E-state index is 11.7. The van der Waals surface area contributed by atoms with Crippen LogP contribution in [0, 0.1) is 27.7 Å². The van der Waals surface area contributed by atoms with Gasteiger partial charge in [0.2, 0.25) is 11.4 Å². The molecule has 0 amide bonds. The van der Waals surface area contributed by atoms with E-state index in [4.69, 9.17) is 0 Å². The molecule has 2 aromatic rings. The lowest BCUT2D eigenvalue weighted by molar-refractivity contribution is -0.345. The largest absolute Gasteiger partial charge is 0.493 e. The summed E-state index contributed by atoms with van der Waals surface area (Å²) < 4.78 is 1.50. The summed E-state index contributed by atoms with van der Waals surface area (Å²) in [6.45, 7) is 17.8. The molecule has 0 aromatic heterocycles. The Morgan fingerprint density at radius 1 is 0.571 bits per heavy atom. The van der Waals surface area contributed by atoms with Crippen LogP contribution in [0.5, 0.6) is 0 Å². The zero-order chi connectivity index (χ0) is 25.7. The Kier molecular flexibility index (Phi) is 9.27. The summed E-state index contributed by atoms with van der Waals surface area (Å²) in [4.78, 5) is 0. The summed E-state index contributed by atoms with van der Waals surface area (Å²) >= 11 is 0. The van der Waals surface area contributed by atoms with Crippen LogP contribution in [0.15, 0.2) is 35.4 Å². The third-order valence-corrected chi connectivity index (χ3v) is 7.80. The number of benzene rings is 2. The molecule has 2 nitrogen and oxygen atoms in total. The molecule has 0 saturated carbocycles. The lowest BCUT2D eigenvalue weighted by Crippen LogP contribution is -2.06. The Bertz CT molecular complexity index is 1110. The quantitative estimate of drug-likeness (QED) is 0.292. The number of rotatable bonds is 11. The Morgan fingerprint density at radius 3 is 1.34 bits per heavy atom. The molecule has 2 aromatic carbocycles. The topological polar surface area (TPSA) is 25.3 Å². The lowest BCUT2D eigenvalue weighted by atomic mass is 9.91. The van der Waals surface area contributed by atoms with Gasteiger partial charge in [-0.25, -0.2) is 4.70 Å². The normalized spacial score (nSPS) is 14.0. The van der Waals surface area contributed by atoms with Gasteiger partial charge in [-0.15, -0.1) is 0 Å². The number of unbranched alkanes of at least 4 members (excludes halogenated alkanes) is 3. The molecular weight excluding hydrogens is 424 g/mol. The van der Waals surface area contributed by atoms with Gasteiger partial charge in [-0.2, -0.15) is 0 Å². The predicted molar refractivity (Wildman–Crippen MR) is 152 cm³/mol. The fourth-order valence-electron chi connectivity index (χ4n) is 5.77. The molecule has 1 aliphatic rings. The van der Waals surface area contributed by atoms with Crippen molar-refractivity contribution in [3.05, 3.63) is 85.5 Å². The van der Waals surface area contributed by atoms with Crippen molar-refractivity contribution in [3.63, 3.8) is 0 Å². The highest BCUT2D eigenvalue weighted by molar-refractivity contribution is 5.82. The highest BCUT2D eigenvalue weighted by Gasteiger charge is 2.34. The highest BCUT2D eigenvalue weighted by atomic mass is 15.2. The van der Waals surface area contributed by atoms with Gasteiger partial charge in [0.05, 0.1) is 0 Å². The molecule has 0 aliphatic carbocycles. The van der Waals surface area contributed by atoms with Crippen molar-refractivity contribution in [1.82, 2.24) is 0 Å². The maximum Gasteiger partial charge on any atom is 0.211 e. The van der Waals surface area contributed by atoms with Crippen molar-refractivity contribution in [2.45, 2.75) is 113 Å². The molecule has 0 atom stereocenters. The van der Waals surface area contributed by atoms with Crippen molar-refractivity contribution in [1.29, 1.82) is 0 Å². The average Bonchev–Trinajstić information content (AvgIpc) is 3.05. The molecule has 0 saturated heterocycles. The molecule has 188 valence electrons. The van der Waals surface area contributed by atoms with Crippen LogP contribution < -0.4 is 0 Å². The third kappa shape index (κ3) is 5.68. The van der Waals surface area contributed by atoms with E-state index in [2.05, 4.69) is 79.7 Å². The van der Waals surface area contributed by atoms with E-state index in [-0.39, 0.29) is 0 Å². The van der Waals surface area contributed by atoms with Crippen LogP contribution >= 0.6 is 0 Å². The van der Waals surface area contributed by atoms with E-state index in [0.29, 0.717) is 0 Å². The monoisotopic (exact) mass is 470 g/mol. The molecule has 35 heavy (non-hydrogen) atoms. The number of nitrogens with zero attached hydrogens (tertiary/aromatic N) is 2. The maximum atomic E-state index is 11.7. The van der Waals surface area contributed by atoms with E-state index in [1.54, 1.807) is 0 Å². The minimum atomic E-state index is 0.949. The van der Waals surface area contributed by atoms with Gasteiger partial charge in [0.25, 0.3) is 0 Å². The van der Waals surface area contributed by atoms with Gasteiger partial charge in [-0.1, -0.05) is 40.0 Å². The predicted octanol–water partition coefficient (Wildman–Crippen LogP) is 9.99. The molecule has 0 bridgehead atoms. The fraction of sp³-hybridized carbons (Fsp3) is 0.515. The van der Waals surface area contributed by atoms with Gasteiger partial charge in [-0.05, 0) is 131 Å². The van der Waals surface area contributed by atoms with Crippen LogP contribution in [0.25, 0.3) is 16.9 Å². The summed E-state index contributed by atoms with van der Waals surface area (Å²) in [6, 6.07) is 9.15. The number of aryl methyl sites for hydroxylation is 4. The van der Waals surface area contributed by atoms with Gasteiger partial charge < -0.3 is 5.53 Å². The SMILES string of the molecule is CCCCC1=C(c2cc(C)c(CCCC)c(C)c2)[N+](=[N-])C(c2cc(C)c(CCCC)c(C)c2)=C1C. The van der Waals surface area contributed by atoms with Crippen molar-refractivity contribution in [2.24, 2.45) is 0 Å². The second-order valence-corrected chi connectivity index (χ2v) is 10.6. The van der Waals surface area contributed by atoms with Crippen molar-refractivity contribution >= 4 is 11.4 Å². The lowest BCUT2D eigenvalue weighted by Gasteiger charge is -2.16. The molecule has 1 aliphatic heterocycles. The van der Waals surface area contributed by atoms with Gasteiger partial charge >= 0.3 is 0 Å². The Labute approximate surface area is 214 Å². The summed E-state index contributed by atoms with van der Waals surface area (Å²) in [7, 11) is 0. The number of hydrogen-bond acceptors (Lipinski definition) is 0. The summed E-state index contributed by atoms with van der Waals surface area (Å²) in [5.74, 6) is 0. The van der Waals surface area contributed by atoms with Gasteiger partial charge in [0.15, 0.2) is 0 Å². The summed E-state index contributed by atoms with van der Waals surface area (Å²) in [5.41, 5.74) is 26.6. The van der Waals surface area contributed by atoms with Crippen LogP contribution in [-0.4, -0.2) is 4.70 Å². The number of allylic oxidation sites excluding steroid dienone is 2. The van der Waals surface area contributed by atoms with Gasteiger partial charge in [-0.3, -0.25) is 0 Å². The summed E-state index contributed by atoms with van der Waals surface area (Å²) in [5, 5.41) is 0. The Hall–Kier alpha value is -2.48. The van der Waals surface area contributed by atoms with E-state index in [0.717, 1.165) is 54.6 Å². The second kappa shape index (κ2) is 12.0. The summed E-state index contributed by atoms with van der Waals surface area (Å²) in [6.07, 6.45) is 10.4. The van der Waals surface area contributed by atoms with E-state index in [1.807, 2.05) is 0 Å². The minimum absolute atomic E-state index is 0.949. The van der Waals surface area contributed by atoms with E-state index in [9.17, 15) is 5.53 Å². The van der Waals surface area contributed by atoms with E-state index < -0.39 is 0 Å². The van der Waals surface area contributed by atoms with Crippen LogP contribution in [0.1, 0.15) is 117 Å². The fourth-order valence-corrected chi connectivity index (χ4v) is 5.77. The molecule has 0 radical (unpaired) electrons.